The van der Waals surface area contributed by atoms with Crippen LogP contribution >= 0.6 is 11.8 Å². The monoisotopic (exact) mass is 532 g/mol. The van der Waals surface area contributed by atoms with E-state index < -0.39 is 36.2 Å². The SMILES string of the molecule is Cc1ccccc1[C@@H]1CCN(C(=O)C2CSCN2)C[C@@H]1OCc1cc(C(F)(F)F)cc(C(F)(F)F)c1. The summed E-state index contributed by atoms with van der Waals surface area (Å²) in [7, 11) is 0. The van der Waals surface area contributed by atoms with Gasteiger partial charge in [0.25, 0.3) is 0 Å². The number of nitrogens with one attached hydrogen (secondary N) is 1. The van der Waals surface area contributed by atoms with E-state index >= 15 is 0 Å². The number of piperidine rings is 1. The third-order valence-corrected chi connectivity index (χ3v) is 7.52. The maximum atomic E-state index is 13.3. The number of carbonyl (C=O) groups is 1. The predicted octanol–water partition coefficient (Wildman–Crippen LogP) is 5.60. The average Bonchev–Trinajstić information content (AvgIpc) is 3.36. The first-order valence-corrected chi connectivity index (χ1v) is 12.6. The van der Waals surface area contributed by atoms with E-state index in [1.807, 2.05) is 31.2 Å². The molecule has 3 atom stereocenters. The molecule has 0 bridgehead atoms. The van der Waals surface area contributed by atoms with Crippen LogP contribution in [0.5, 0.6) is 0 Å². The van der Waals surface area contributed by atoms with Crippen LogP contribution in [0.4, 0.5) is 26.3 Å². The van der Waals surface area contributed by atoms with Crippen molar-refractivity contribution < 1.29 is 35.9 Å². The Morgan fingerprint density at radius 1 is 1.08 bits per heavy atom. The fourth-order valence-electron chi connectivity index (χ4n) is 4.72. The largest absolute Gasteiger partial charge is 0.416 e. The lowest BCUT2D eigenvalue weighted by molar-refractivity contribution is -0.143. The fourth-order valence-corrected chi connectivity index (χ4v) is 5.66. The van der Waals surface area contributed by atoms with Gasteiger partial charge in [-0.2, -0.15) is 26.3 Å². The summed E-state index contributed by atoms with van der Waals surface area (Å²) in [5.74, 6) is 1.09. The number of ether oxygens (including phenoxy) is 1. The van der Waals surface area contributed by atoms with Crippen molar-refractivity contribution in [1.82, 2.24) is 10.2 Å². The van der Waals surface area contributed by atoms with Crippen molar-refractivity contribution in [1.29, 1.82) is 0 Å². The molecule has 0 aromatic heterocycles. The smallest absolute Gasteiger partial charge is 0.371 e. The van der Waals surface area contributed by atoms with Crippen LogP contribution in [0.15, 0.2) is 42.5 Å². The molecule has 196 valence electrons. The lowest BCUT2D eigenvalue weighted by Gasteiger charge is -2.40. The molecule has 2 aromatic carbocycles. The molecule has 1 amide bonds. The van der Waals surface area contributed by atoms with Crippen LogP contribution in [0, 0.1) is 6.92 Å². The molecule has 2 aliphatic rings. The second-order valence-electron chi connectivity index (χ2n) is 9.07. The highest BCUT2D eigenvalue weighted by atomic mass is 32.2. The zero-order valence-electron chi connectivity index (χ0n) is 19.5. The van der Waals surface area contributed by atoms with Gasteiger partial charge in [0.05, 0.1) is 29.9 Å². The number of hydrogen-bond acceptors (Lipinski definition) is 4. The number of carbonyl (C=O) groups excluding carboxylic acids is 1. The number of alkyl halides is 6. The molecular formula is C25H26F6N2O2S. The Bertz CT molecular complexity index is 1050. The molecule has 2 saturated heterocycles. The van der Waals surface area contributed by atoms with E-state index in [4.69, 9.17) is 4.74 Å². The molecule has 0 saturated carbocycles. The van der Waals surface area contributed by atoms with E-state index in [9.17, 15) is 31.1 Å². The zero-order valence-corrected chi connectivity index (χ0v) is 20.3. The second kappa shape index (κ2) is 10.6. The van der Waals surface area contributed by atoms with Crippen LogP contribution in [-0.2, 0) is 28.5 Å². The summed E-state index contributed by atoms with van der Waals surface area (Å²) in [5.41, 5.74) is -0.987. The highest BCUT2D eigenvalue weighted by molar-refractivity contribution is 7.99. The molecule has 4 rings (SSSR count). The Labute approximate surface area is 209 Å². The Balaban J connectivity index is 1.59. The standard InChI is InChI=1S/C25H26F6N2O2S/c1-15-4-2-3-5-19(15)20-6-7-33(23(34)21-13-36-14-32-21)11-22(20)35-12-16-8-17(24(26,27)28)10-18(9-16)25(29,30)31/h2-5,8-10,20-22,32H,6-7,11-14H2,1H3/t20-,21?,22-/m0/s1. The maximum Gasteiger partial charge on any atom is 0.416 e. The molecule has 11 heteroatoms. The highest BCUT2D eigenvalue weighted by Gasteiger charge is 2.39. The molecule has 4 nitrogen and oxygen atoms in total. The number of rotatable bonds is 5. The van der Waals surface area contributed by atoms with Gasteiger partial charge in [-0.05, 0) is 48.2 Å². The average molecular weight is 533 g/mol. The number of nitrogens with zero attached hydrogens (tertiary/aromatic N) is 1. The normalized spacial score (nSPS) is 23.2. The first-order chi connectivity index (χ1) is 16.9. The highest BCUT2D eigenvalue weighted by Crippen LogP contribution is 2.38. The number of halogens is 6. The van der Waals surface area contributed by atoms with Crippen molar-refractivity contribution in [2.24, 2.45) is 0 Å². The Morgan fingerprint density at radius 2 is 1.75 bits per heavy atom. The lowest BCUT2D eigenvalue weighted by Crippen LogP contribution is -2.52. The van der Waals surface area contributed by atoms with Crippen molar-refractivity contribution in [2.75, 3.05) is 24.7 Å². The fraction of sp³-hybridized carbons (Fsp3) is 0.480. The van der Waals surface area contributed by atoms with Gasteiger partial charge in [0, 0.05) is 30.6 Å². The first-order valence-electron chi connectivity index (χ1n) is 11.5. The van der Waals surface area contributed by atoms with Gasteiger partial charge in [0.15, 0.2) is 0 Å². The van der Waals surface area contributed by atoms with Crippen LogP contribution in [0.2, 0.25) is 0 Å². The quantitative estimate of drug-likeness (QED) is 0.510. The van der Waals surface area contributed by atoms with Crippen LogP contribution in [0.1, 0.15) is 40.2 Å². The second-order valence-corrected chi connectivity index (χ2v) is 10.1. The van der Waals surface area contributed by atoms with Crippen LogP contribution < -0.4 is 5.32 Å². The third kappa shape index (κ3) is 6.18. The van der Waals surface area contributed by atoms with E-state index in [-0.39, 0.29) is 36.0 Å². The molecule has 0 radical (unpaired) electrons. The number of benzene rings is 2. The van der Waals surface area contributed by atoms with Crippen LogP contribution in [-0.4, -0.2) is 47.7 Å². The van der Waals surface area contributed by atoms with E-state index in [1.165, 1.54) is 0 Å². The van der Waals surface area contributed by atoms with E-state index in [1.54, 1.807) is 16.7 Å². The van der Waals surface area contributed by atoms with Crippen molar-refractivity contribution in [2.45, 2.75) is 50.4 Å². The molecule has 36 heavy (non-hydrogen) atoms. The summed E-state index contributed by atoms with van der Waals surface area (Å²) in [6.45, 7) is 2.18. The van der Waals surface area contributed by atoms with Gasteiger partial charge < -0.3 is 9.64 Å². The Hall–Kier alpha value is -2.24. The van der Waals surface area contributed by atoms with Crippen LogP contribution in [0.3, 0.4) is 0 Å². The van der Waals surface area contributed by atoms with Crippen molar-refractivity contribution >= 4 is 17.7 Å². The first kappa shape index (κ1) is 26.8. The maximum absolute atomic E-state index is 13.3. The van der Waals surface area contributed by atoms with Gasteiger partial charge >= 0.3 is 12.4 Å². The number of likely N-dealkylation sites (tertiary alicyclic amines) is 1. The number of hydrogen-bond donors (Lipinski definition) is 1. The van der Waals surface area contributed by atoms with E-state index in [2.05, 4.69) is 5.32 Å². The number of thioether (sulfide) groups is 1. The lowest BCUT2D eigenvalue weighted by atomic mass is 9.84. The molecule has 2 aliphatic heterocycles. The topological polar surface area (TPSA) is 41.6 Å². The summed E-state index contributed by atoms with van der Waals surface area (Å²) in [5, 5.41) is 3.14. The Kier molecular flexibility index (Phi) is 7.92. The van der Waals surface area contributed by atoms with Gasteiger partial charge in [-0.3, -0.25) is 10.1 Å². The van der Waals surface area contributed by atoms with Crippen molar-refractivity contribution in [3.05, 3.63) is 70.3 Å². The molecule has 0 aliphatic carbocycles. The van der Waals surface area contributed by atoms with E-state index in [0.29, 0.717) is 36.7 Å². The summed E-state index contributed by atoms with van der Waals surface area (Å²) in [4.78, 5) is 14.7. The van der Waals surface area contributed by atoms with Gasteiger partial charge in [-0.25, -0.2) is 0 Å². The minimum Gasteiger partial charge on any atom is -0.371 e. The van der Waals surface area contributed by atoms with Crippen molar-refractivity contribution in [3.63, 3.8) is 0 Å². The summed E-state index contributed by atoms with van der Waals surface area (Å²) in [6, 6.07) is 8.79. The minimum absolute atomic E-state index is 0.0738. The van der Waals surface area contributed by atoms with Gasteiger partial charge in [-0.15, -0.1) is 11.8 Å². The van der Waals surface area contributed by atoms with Gasteiger partial charge in [-0.1, -0.05) is 24.3 Å². The molecule has 2 fully saturated rings. The molecule has 1 unspecified atom stereocenters. The molecule has 2 aromatic rings. The van der Waals surface area contributed by atoms with Crippen LogP contribution in [0.25, 0.3) is 0 Å². The zero-order chi connectivity index (χ0) is 26.1. The number of aryl methyl sites for hydroxylation is 1. The van der Waals surface area contributed by atoms with Crippen molar-refractivity contribution in [3.8, 4) is 0 Å². The molecular weight excluding hydrogens is 506 g/mol. The van der Waals surface area contributed by atoms with Gasteiger partial charge in [0.2, 0.25) is 5.91 Å². The van der Waals surface area contributed by atoms with E-state index in [0.717, 1.165) is 11.1 Å². The number of amides is 1. The summed E-state index contributed by atoms with van der Waals surface area (Å²) in [6.07, 6.45) is -9.89. The molecule has 1 N–H and O–H groups in total. The molecule has 0 spiro atoms. The summed E-state index contributed by atoms with van der Waals surface area (Å²) >= 11 is 1.62. The predicted molar refractivity (Wildman–Crippen MR) is 124 cm³/mol. The summed E-state index contributed by atoms with van der Waals surface area (Å²) < 4.78 is 85.7. The Morgan fingerprint density at radius 3 is 2.33 bits per heavy atom. The molecule has 2 heterocycles. The minimum atomic E-state index is -4.93. The van der Waals surface area contributed by atoms with Gasteiger partial charge in [0.1, 0.15) is 0 Å². The third-order valence-electron chi connectivity index (χ3n) is 6.58.